The van der Waals surface area contributed by atoms with E-state index in [4.69, 9.17) is 14.2 Å². The molecule has 0 aromatic heterocycles. The highest BCUT2D eigenvalue weighted by atomic mass is 19.4. The van der Waals surface area contributed by atoms with E-state index < -0.39 is 18.8 Å². The average molecular weight is 446 g/mol. The molecule has 0 bridgehead atoms. The number of halogens is 3. The largest absolute Gasteiger partial charge is 0.497 e. The first-order valence-electron chi connectivity index (χ1n) is 9.47. The van der Waals surface area contributed by atoms with E-state index >= 15 is 0 Å². The maximum Gasteiger partial charge on any atom is 0.422 e. The van der Waals surface area contributed by atoms with Crippen molar-refractivity contribution in [2.45, 2.75) is 6.18 Å². The van der Waals surface area contributed by atoms with Crippen LogP contribution < -0.4 is 20.1 Å². The van der Waals surface area contributed by atoms with Gasteiger partial charge in [-0.2, -0.15) is 13.2 Å². The van der Waals surface area contributed by atoms with Crippen LogP contribution >= 0.6 is 0 Å². The predicted molar refractivity (Wildman–Crippen MR) is 115 cm³/mol. The number of carbonyl (C=O) groups excluding carboxylic acids is 1. The molecule has 3 rings (SSSR count). The second kappa shape index (κ2) is 9.95. The summed E-state index contributed by atoms with van der Waals surface area (Å²) in [4.78, 5) is 12.1. The second-order valence-electron chi connectivity index (χ2n) is 6.66. The molecule has 3 aromatic carbocycles. The van der Waals surface area contributed by atoms with Gasteiger partial charge in [-0.25, -0.2) is 4.79 Å². The number of methoxy groups -OCH3 is 2. The Balaban J connectivity index is 1.65. The number of alkyl halides is 3. The zero-order chi connectivity index (χ0) is 23.1. The minimum absolute atomic E-state index is 0.133. The molecule has 32 heavy (non-hydrogen) atoms. The summed E-state index contributed by atoms with van der Waals surface area (Å²) in [6, 6.07) is 18.5. The summed E-state index contributed by atoms with van der Waals surface area (Å²) in [5.74, 6) is 0.172. The summed E-state index contributed by atoms with van der Waals surface area (Å²) >= 11 is 0. The van der Waals surface area contributed by atoms with Crippen LogP contribution in [0, 0.1) is 0 Å². The fourth-order valence-corrected chi connectivity index (χ4v) is 2.80. The van der Waals surface area contributed by atoms with Gasteiger partial charge in [-0.1, -0.05) is 0 Å². The van der Waals surface area contributed by atoms with Crippen molar-refractivity contribution in [3.8, 4) is 11.5 Å². The fourth-order valence-electron chi connectivity index (χ4n) is 2.80. The van der Waals surface area contributed by atoms with Crippen molar-refractivity contribution in [3.63, 3.8) is 0 Å². The summed E-state index contributed by atoms with van der Waals surface area (Å²) in [5, 5.41) is 6.32. The third kappa shape index (κ3) is 6.31. The smallest absolute Gasteiger partial charge is 0.422 e. The highest BCUT2D eigenvalue weighted by Crippen LogP contribution is 2.28. The van der Waals surface area contributed by atoms with E-state index in [-0.39, 0.29) is 5.75 Å². The number of hydrogen-bond donors (Lipinski definition) is 2. The molecule has 0 unspecified atom stereocenters. The summed E-state index contributed by atoms with van der Waals surface area (Å²) in [6.07, 6.45) is -4.38. The molecule has 2 N–H and O–H groups in total. The lowest BCUT2D eigenvalue weighted by Gasteiger charge is -2.13. The number of hydrogen-bond acceptors (Lipinski definition) is 6. The van der Waals surface area contributed by atoms with E-state index in [9.17, 15) is 18.0 Å². The van der Waals surface area contributed by atoms with Crippen molar-refractivity contribution in [2.24, 2.45) is 0 Å². The van der Waals surface area contributed by atoms with Gasteiger partial charge in [-0.15, -0.1) is 0 Å². The number of carbonyl (C=O) groups is 1. The monoisotopic (exact) mass is 446 g/mol. The van der Waals surface area contributed by atoms with Crippen LogP contribution in [0.1, 0.15) is 10.4 Å². The van der Waals surface area contributed by atoms with Crippen LogP contribution in [0.15, 0.2) is 66.7 Å². The third-order valence-corrected chi connectivity index (χ3v) is 4.34. The standard InChI is InChI=1S/C23H21F3N2O4/c1-30-19-11-12-21(20(13-19)22(29)31-2)28-17-5-3-15(4-6-17)27-16-7-9-18(10-8-16)32-14-23(24,25)26/h3-13,27-28H,14H2,1-2H3. The number of anilines is 4. The maximum atomic E-state index is 12.2. The quantitative estimate of drug-likeness (QED) is 0.419. The topological polar surface area (TPSA) is 68.8 Å². The van der Waals surface area contributed by atoms with Gasteiger partial charge in [0.1, 0.15) is 11.5 Å². The van der Waals surface area contributed by atoms with Gasteiger partial charge in [0.05, 0.1) is 25.5 Å². The Kier molecular flexibility index (Phi) is 7.09. The van der Waals surface area contributed by atoms with Crippen LogP contribution in [0.4, 0.5) is 35.9 Å². The molecule has 0 heterocycles. The van der Waals surface area contributed by atoms with E-state index in [0.29, 0.717) is 22.7 Å². The van der Waals surface area contributed by atoms with Crippen LogP contribution in [0.25, 0.3) is 0 Å². The zero-order valence-corrected chi connectivity index (χ0v) is 17.3. The molecule has 168 valence electrons. The summed E-state index contributed by atoms with van der Waals surface area (Å²) in [7, 11) is 2.82. The first-order valence-corrected chi connectivity index (χ1v) is 9.47. The number of nitrogens with one attached hydrogen (secondary N) is 2. The number of rotatable bonds is 8. The molecular formula is C23H21F3N2O4. The van der Waals surface area contributed by atoms with E-state index in [0.717, 1.165) is 11.4 Å². The molecular weight excluding hydrogens is 425 g/mol. The SMILES string of the molecule is COC(=O)c1cc(OC)ccc1Nc1ccc(Nc2ccc(OCC(F)(F)F)cc2)cc1. The Labute approximate surface area is 182 Å². The van der Waals surface area contributed by atoms with Gasteiger partial charge in [0.25, 0.3) is 0 Å². The van der Waals surface area contributed by atoms with Crippen molar-refractivity contribution in [1.29, 1.82) is 0 Å². The van der Waals surface area contributed by atoms with Crippen molar-refractivity contribution in [3.05, 3.63) is 72.3 Å². The van der Waals surface area contributed by atoms with Crippen LogP contribution in [-0.4, -0.2) is 33.0 Å². The number of esters is 1. The fraction of sp³-hybridized carbons (Fsp3) is 0.174. The lowest BCUT2D eigenvalue weighted by Crippen LogP contribution is -2.19. The van der Waals surface area contributed by atoms with Gasteiger partial charge in [-0.05, 0) is 66.7 Å². The van der Waals surface area contributed by atoms with E-state index in [1.54, 1.807) is 30.3 Å². The van der Waals surface area contributed by atoms with Crippen molar-refractivity contribution in [1.82, 2.24) is 0 Å². The molecule has 0 aliphatic carbocycles. The van der Waals surface area contributed by atoms with Gasteiger partial charge >= 0.3 is 12.1 Å². The van der Waals surface area contributed by atoms with Crippen LogP contribution in [-0.2, 0) is 4.74 Å². The van der Waals surface area contributed by atoms with Gasteiger partial charge in [0.15, 0.2) is 6.61 Å². The summed E-state index contributed by atoms with van der Waals surface area (Å²) < 4.78 is 51.4. The lowest BCUT2D eigenvalue weighted by molar-refractivity contribution is -0.153. The number of benzene rings is 3. The molecule has 6 nitrogen and oxygen atoms in total. The van der Waals surface area contributed by atoms with Crippen molar-refractivity contribution >= 4 is 28.7 Å². The number of ether oxygens (including phenoxy) is 3. The molecule has 0 aliphatic rings. The van der Waals surface area contributed by atoms with Gasteiger partial charge < -0.3 is 24.8 Å². The van der Waals surface area contributed by atoms with E-state index in [1.165, 1.54) is 26.4 Å². The minimum Gasteiger partial charge on any atom is -0.497 e. The highest BCUT2D eigenvalue weighted by Gasteiger charge is 2.28. The minimum atomic E-state index is -4.38. The highest BCUT2D eigenvalue weighted by molar-refractivity contribution is 5.97. The molecule has 3 aromatic rings. The molecule has 9 heteroatoms. The molecule has 0 fully saturated rings. The van der Waals surface area contributed by atoms with Crippen LogP contribution in [0.3, 0.4) is 0 Å². The molecule has 0 radical (unpaired) electrons. The first kappa shape index (κ1) is 22.8. The Morgan fingerprint density at radius 3 is 1.88 bits per heavy atom. The van der Waals surface area contributed by atoms with Gasteiger partial charge in [0.2, 0.25) is 0 Å². The Morgan fingerprint density at radius 2 is 1.34 bits per heavy atom. The maximum absolute atomic E-state index is 12.2. The molecule has 0 atom stereocenters. The summed E-state index contributed by atoms with van der Waals surface area (Å²) in [5.41, 5.74) is 3.09. The Bertz CT molecular complexity index is 1050. The van der Waals surface area contributed by atoms with Crippen molar-refractivity contribution in [2.75, 3.05) is 31.5 Å². The van der Waals surface area contributed by atoms with Gasteiger partial charge in [-0.3, -0.25) is 0 Å². The second-order valence-corrected chi connectivity index (χ2v) is 6.66. The normalized spacial score (nSPS) is 10.9. The van der Waals surface area contributed by atoms with Crippen LogP contribution in [0.2, 0.25) is 0 Å². The molecule has 0 saturated carbocycles. The van der Waals surface area contributed by atoms with Crippen molar-refractivity contribution < 1.29 is 32.2 Å². The lowest BCUT2D eigenvalue weighted by atomic mass is 10.1. The van der Waals surface area contributed by atoms with E-state index in [2.05, 4.69) is 10.6 Å². The Morgan fingerprint density at radius 1 is 0.812 bits per heavy atom. The Hall–Kier alpha value is -3.88. The summed E-state index contributed by atoms with van der Waals surface area (Å²) in [6.45, 7) is -1.33. The zero-order valence-electron chi connectivity index (χ0n) is 17.3. The molecule has 0 saturated heterocycles. The first-order chi connectivity index (χ1) is 15.3. The third-order valence-electron chi connectivity index (χ3n) is 4.34. The molecule has 0 aliphatic heterocycles. The van der Waals surface area contributed by atoms with E-state index in [1.807, 2.05) is 24.3 Å². The van der Waals surface area contributed by atoms with Gasteiger partial charge in [0, 0.05) is 17.1 Å². The molecule has 0 spiro atoms. The van der Waals surface area contributed by atoms with Crippen LogP contribution in [0.5, 0.6) is 11.5 Å². The average Bonchev–Trinajstić information content (AvgIpc) is 2.79. The molecule has 0 amide bonds. The predicted octanol–water partition coefficient (Wildman–Crippen LogP) is 5.91.